The third kappa shape index (κ3) is 11.4. The van der Waals surface area contributed by atoms with Gasteiger partial charge in [0.05, 0.1) is 7.11 Å². The number of allylic oxidation sites excluding steroid dienone is 4. The molecule has 0 bridgehead atoms. The molecule has 2 nitrogen and oxygen atoms in total. The van der Waals surface area contributed by atoms with Gasteiger partial charge in [0.1, 0.15) is 11.5 Å². The van der Waals surface area contributed by atoms with E-state index in [-0.39, 0.29) is 36.0 Å². The summed E-state index contributed by atoms with van der Waals surface area (Å²) >= 11 is 1.75. The van der Waals surface area contributed by atoms with Gasteiger partial charge in [0.2, 0.25) is 0 Å². The Hall–Kier alpha value is -0.319. The molecule has 147 valence electrons. The first-order chi connectivity index (χ1) is 11.0. The van der Waals surface area contributed by atoms with Gasteiger partial charge in [0.25, 0.3) is 0 Å². The normalized spacial score (nSPS) is 12.3. The van der Waals surface area contributed by atoms with Gasteiger partial charge in [-0.3, -0.25) is 6.08 Å². The van der Waals surface area contributed by atoms with Crippen LogP contribution in [0.3, 0.4) is 0 Å². The third-order valence-corrected chi connectivity index (χ3v) is 5.46. The minimum absolute atomic E-state index is 0. The first-order valence-electron chi connectivity index (χ1n) is 8.06. The number of aromatic hydroxyl groups is 1. The van der Waals surface area contributed by atoms with Crippen LogP contribution in [-0.2, 0) is 25.4 Å². The Balaban J connectivity index is -0.000000361. The van der Waals surface area contributed by atoms with Crippen LogP contribution in [-0.4, -0.2) is 25.1 Å². The van der Waals surface area contributed by atoms with Crippen LogP contribution in [0.2, 0.25) is 19.6 Å². The smallest absolute Gasteiger partial charge is 1.00 e. The molecule has 0 saturated heterocycles. The second kappa shape index (κ2) is 13.8. The molecule has 1 aromatic carbocycles. The molecule has 0 amide bonds. The Bertz CT molecular complexity index is 588. The zero-order valence-corrected chi connectivity index (χ0v) is 21.0. The standard InChI is InChI=1S/C11H16O2.C8H13Si.CH2.2ClH.Ti/c1-11(2,3)8-5-9(12)7-10(6-8)13-4;1-9(2,3)8-6-4-5-7-8;;;;/h5-7,12H,1-4H3;4,6H,5H2,1-3H3;1H2;2*1H;/q;-1;;;;+1/p-2. The Morgan fingerprint density at radius 1 is 1.12 bits per heavy atom. The molecule has 1 aliphatic carbocycles. The van der Waals surface area contributed by atoms with Crippen molar-refractivity contribution >= 4 is 12.9 Å². The van der Waals surface area contributed by atoms with Gasteiger partial charge >= 0.3 is 24.8 Å². The van der Waals surface area contributed by atoms with Gasteiger partial charge < -0.3 is 34.7 Å². The molecule has 0 aromatic heterocycles. The molecule has 0 atom stereocenters. The number of benzene rings is 1. The Morgan fingerprint density at radius 2 is 1.65 bits per heavy atom. The Kier molecular flexibility index (Phi) is 16.1. The first kappa shape index (κ1) is 30.4. The van der Waals surface area contributed by atoms with Crippen molar-refractivity contribution in [2.24, 2.45) is 0 Å². The quantitative estimate of drug-likeness (QED) is 0.474. The number of ether oxygens (including phenoxy) is 1. The van der Waals surface area contributed by atoms with E-state index in [1.807, 2.05) is 6.07 Å². The largest absolute Gasteiger partial charge is 1.00 e. The number of hydrogen-bond donors (Lipinski definition) is 1. The molecule has 26 heavy (non-hydrogen) atoms. The minimum atomic E-state index is -1.01. The van der Waals surface area contributed by atoms with Crippen molar-refractivity contribution in [3.63, 3.8) is 0 Å². The van der Waals surface area contributed by atoms with Gasteiger partial charge in [0.15, 0.2) is 0 Å². The summed E-state index contributed by atoms with van der Waals surface area (Å²) in [4.78, 5) is 3.25. The van der Waals surface area contributed by atoms with E-state index >= 15 is 0 Å². The van der Waals surface area contributed by atoms with Crippen molar-refractivity contribution in [3.8, 4) is 11.5 Å². The van der Waals surface area contributed by atoms with E-state index in [1.165, 1.54) is 5.20 Å². The second-order valence-corrected chi connectivity index (χ2v) is 12.7. The van der Waals surface area contributed by atoms with E-state index in [1.54, 1.807) is 39.2 Å². The van der Waals surface area contributed by atoms with Crippen molar-refractivity contribution in [2.75, 3.05) is 7.11 Å². The van der Waals surface area contributed by atoms with Gasteiger partial charge in [-0.2, -0.15) is 6.08 Å². The summed E-state index contributed by atoms with van der Waals surface area (Å²) in [6.45, 7) is 13.4. The number of phenolic OH excluding ortho intramolecular Hbond substituents is 1. The maximum atomic E-state index is 9.41. The second-order valence-electron chi connectivity index (χ2n) is 7.62. The van der Waals surface area contributed by atoms with Gasteiger partial charge in [-0.05, 0) is 23.1 Å². The summed E-state index contributed by atoms with van der Waals surface area (Å²) in [6, 6.07) is 5.32. The molecule has 0 aliphatic heterocycles. The predicted molar refractivity (Wildman–Crippen MR) is 104 cm³/mol. The molecule has 0 spiro atoms. The first-order valence-corrected chi connectivity index (χ1v) is 12.7. The molecule has 0 unspecified atom stereocenters. The molecule has 0 radical (unpaired) electrons. The van der Waals surface area contributed by atoms with Crippen LogP contribution in [0.4, 0.5) is 0 Å². The van der Waals surface area contributed by atoms with Gasteiger partial charge in [-0.25, -0.2) is 11.3 Å². The molecular formula is C20H31Cl2O2SiTi-2. The number of rotatable bonds is 2. The van der Waals surface area contributed by atoms with E-state index < -0.39 is 8.07 Å². The SMILES string of the molecule is COc1cc(O)cc(C(C)(C)C)c1.C[Si](C)(C)C1=[C-]CC=C1.[CH2]=[Ti+].[Cl-].[Cl-]. The average molecular weight is 450 g/mol. The molecule has 0 heterocycles. The van der Waals surface area contributed by atoms with Gasteiger partial charge in [0, 0.05) is 14.1 Å². The van der Waals surface area contributed by atoms with Crippen LogP contribution in [0.15, 0.2) is 35.5 Å². The fraction of sp³-hybridized carbons (Fsp3) is 0.450. The number of methoxy groups -OCH3 is 1. The van der Waals surface area contributed by atoms with E-state index in [9.17, 15) is 5.11 Å². The van der Waals surface area contributed by atoms with E-state index in [2.05, 4.69) is 63.5 Å². The zero-order chi connectivity index (χ0) is 19.0. The summed E-state index contributed by atoms with van der Waals surface area (Å²) < 4.78 is 5.07. The van der Waals surface area contributed by atoms with Crippen molar-refractivity contribution < 1.29 is 54.6 Å². The molecule has 0 fully saturated rings. The van der Waals surface area contributed by atoms with Crippen LogP contribution in [0, 0.1) is 6.08 Å². The predicted octanol–water partition coefficient (Wildman–Crippen LogP) is -0.775. The molecule has 1 aliphatic rings. The maximum absolute atomic E-state index is 9.41. The molecule has 6 heteroatoms. The average Bonchev–Trinajstić information content (AvgIpc) is 3.03. The maximum Gasteiger partial charge on any atom is -1.00 e. The molecular weight excluding hydrogens is 419 g/mol. The Morgan fingerprint density at radius 3 is 1.96 bits per heavy atom. The van der Waals surface area contributed by atoms with Crippen LogP contribution < -0.4 is 29.6 Å². The van der Waals surface area contributed by atoms with Crippen LogP contribution in [0.5, 0.6) is 11.5 Å². The molecule has 1 N–H and O–H groups in total. The van der Waals surface area contributed by atoms with E-state index in [0.29, 0.717) is 5.75 Å². The number of halogens is 2. The van der Waals surface area contributed by atoms with Crippen molar-refractivity contribution in [3.05, 3.63) is 47.2 Å². The summed E-state index contributed by atoms with van der Waals surface area (Å²) in [6.07, 6.45) is 8.82. The van der Waals surface area contributed by atoms with Crippen molar-refractivity contribution in [2.45, 2.75) is 52.2 Å². The fourth-order valence-corrected chi connectivity index (χ4v) is 3.30. The number of phenols is 1. The molecule has 1 aromatic rings. The van der Waals surface area contributed by atoms with Gasteiger partial charge in [-0.15, -0.1) is 6.42 Å². The zero-order valence-electron chi connectivity index (χ0n) is 16.9. The third-order valence-electron chi connectivity index (χ3n) is 3.50. The number of hydrogen-bond acceptors (Lipinski definition) is 2. The minimum Gasteiger partial charge on any atom is -1.00 e. The van der Waals surface area contributed by atoms with Gasteiger partial charge in [-0.1, -0.05) is 40.4 Å². The van der Waals surface area contributed by atoms with E-state index in [0.717, 1.165) is 12.0 Å². The molecule has 0 saturated carbocycles. The van der Waals surface area contributed by atoms with Crippen LogP contribution in [0.25, 0.3) is 0 Å². The summed E-state index contributed by atoms with van der Waals surface area (Å²) in [5, 5.41) is 10.9. The summed E-state index contributed by atoms with van der Waals surface area (Å²) in [7, 11) is 0.593. The van der Waals surface area contributed by atoms with Crippen LogP contribution >= 0.6 is 0 Å². The fourth-order valence-electron chi connectivity index (χ4n) is 2.05. The van der Waals surface area contributed by atoms with Crippen LogP contribution in [0.1, 0.15) is 32.8 Å². The summed E-state index contributed by atoms with van der Waals surface area (Å²) in [5.41, 5.74) is 1.11. The van der Waals surface area contributed by atoms with Crippen molar-refractivity contribution in [1.29, 1.82) is 0 Å². The Labute approximate surface area is 184 Å². The monoisotopic (exact) mass is 449 g/mol. The summed E-state index contributed by atoms with van der Waals surface area (Å²) in [5.74, 6) is 0.953. The van der Waals surface area contributed by atoms with E-state index in [4.69, 9.17) is 4.74 Å². The van der Waals surface area contributed by atoms with Crippen molar-refractivity contribution in [1.82, 2.24) is 0 Å². The molecule has 2 rings (SSSR count). The topological polar surface area (TPSA) is 29.5 Å².